The number of aromatic hydroxyl groups is 1. The van der Waals surface area contributed by atoms with Crippen LogP contribution < -0.4 is 5.43 Å². The van der Waals surface area contributed by atoms with E-state index in [1.54, 1.807) is 12.4 Å². The molecule has 0 radical (unpaired) electrons. The summed E-state index contributed by atoms with van der Waals surface area (Å²) in [4.78, 5) is 11.3. The first-order valence-corrected chi connectivity index (χ1v) is 9.50. The fourth-order valence-electron chi connectivity index (χ4n) is 3.40. The lowest BCUT2D eigenvalue weighted by Gasteiger charge is -2.12. The Bertz CT molecular complexity index is 1140. The van der Waals surface area contributed by atoms with Crippen LogP contribution in [0.2, 0.25) is 0 Å². The topological polar surface area (TPSA) is 91.3 Å². The van der Waals surface area contributed by atoms with Gasteiger partial charge in [-0.2, -0.15) is 15.3 Å². The smallest absolute Gasteiger partial charge is 0.240 e. The Hall–Kier alpha value is -3.74. The van der Waals surface area contributed by atoms with Crippen LogP contribution in [-0.2, 0) is 11.3 Å². The van der Waals surface area contributed by atoms with E-state index < -0.39 is 0 Å². The Morgan fingerprint density at radius 3 is 2.66 bits per heavy atom. The summed E-state index contributed by atoms with van der Waals surface area (Å²) in [5.74, 6) is 0.0798. The molecule has 0 unspecified atom stereocenters. The van der Waals surface area contributed by atoms with Crippen LogP contribution in [0.1, 0.15) is 36.5 Å². The molecular formula is C22H21N5O2. The van der Waals surface area contributed by atoms with Crippen molar-refractivity contribution in [2.75, 3.05) is 0 Å². The van der Waals surface area contributed by atoms with Gasteiger partial charge in [-0.3, -0.25) is 4.79 Å². The van der Waals surface area contributed by atoms with E-state index in [0.29, 0.717) is 24.9 Å². The van der Waals surface area contributed by atoms with Gasteiger partial charge in [0.2, 0.25) is 11.8 Å². The van der Waals surface area contributed by atoms with E-state index in [2.05, 4.69) is 20.7 Å². The van der Waals surface area contributed by atoms with Crippen LogP contribution in [-0.4, -0.2) is 33.7 Å². The third kappa shape index (κ3) is 3.80. The number of amides is 1. The van der Waals surface area contributed by atoms with Crippen molar-refractivity contribution in [3.05, 3.63) is 65.2 Å². The van der Waals surface area contributed by atoms with Crippen LogP contribution in [0.25, 0.3) is 10.9 Å². The molecule has 2 heterocycles. The maximum atomic E-state index is 11.3. The largest absolute Gasteiger partial charge is 0.494 e. The van der Waals surface area contributed by atoms with Crippen molar-refractivity contribution in [1.29, 1.82) is 0 Å². The Kier molecular flexibility index (Phi) is 5.20. The molecule has 2 N–H and O–H groups in total. The van der Waals surface area contributed by atoms with E-state index in [0.717, 1.165) is 27.7 Å². The van der Waals surface area contributed by atoms with Crippen molar-refractivity contribution in [3.8, 4) is 5.88 Å². The fourth-order valence-corrected chi connectivity index (χ4v) is 3.40. The summed E-state index contributed by atoms with van der Waals surface area (Å²) in [6.07, 6.45) is 4.26. The van der Waals surface area contributed by atoms with E-state index in [1.165, 1.54) is 0 Å². The third-order valence-corrected chi connectivity index (χ3v) is 4.89. The number of aryl methyl sites for hydroxylation is 1. The molecule has 0 saturated carbocycles. The number of rotatable bonds is 5. The highest BCUT2D eigenvalue weighted by Gasteiger charge is 2.18. The van der Waals surface area contributed by atoms with E-state index in [-0.39, 0.29) is 11.8 Å². The van der Waals surface area contributed by atoms with Crippen LogP contribution in [0.3, 0.4) is 0 Å². The van der Waals surface area contributed by atoms with Crippen molar-refractivity contribution < 1.29 is 9.90 Å². The van der Waals surface area contributed by atoms with Gasteiger partial charge in [0.05, 0.1) is 29.2 Å². The molecule has 146 valence electrons. The molecule has 0 bridgehead atoms. The van der Waals surface area contributed by atoms with Gasteiger partial charge in [0, 0.05) is 24.8 Å². The summed E-state index contributed by atoms with van der Waals surface area (Å²) in [6.45, 7) is 2.58. The summed E-state index contributed by atoms with van der Waals surface area (Å²) in [5.41, 5.74) is 6.75. The summed E-state index contributed by atoms with van der Waals surface area (Å²) in [6, 6.07) is 15.6. The van der Waals surface area contributed by atoms with E-state index >= 15 is 0 Å². The number of nitrogens with zero attached hydrogens (tertiary/aromatic N) is 4. The number of carbonyl (C=O) groups excluding carboxylic acids is 1. The first-order valence-electron chi connectivity index (χ1n) is 9.50. The minimum Gasteiger partial charge on any atom is -0.494 e. The molecule has 29 heavy (non-hydrogen) atoms. The summed E-state index contributed by atoms with van der Waals surface area (Å²) in [5, 5.41) is 23.9. The zero-order valence-corrected chi connectivity index (χ0v) is 16.0. The van der Waals surface area contributed by atoms with Gasteiger partial charge < -0.3 is 9.67 Å². The van der Waals surface area contributed by atoms with Crippen LogP contribution in [0, 0.1) is 0 Å². The number of carbonyl (C=O) groups is 1. The Balaban J connectivity index is 1.68. The Morgan fingerprint density at radius 2 is 1.93 bits per heavy atom. The highest BCUT2D eigenvalue weighted by Crippen LogP contribution is 2.31. The molecule has 7 heteroatoms. The summed E-state index contributed by atoms with van der Waals surface area (Å²) < 4.78 is 1.82. The lowest BCUT2D eigenvalue weighted by Crippen LogP contribution is -2.25. The Labute approximate surface area is 168 Å². The van der Waals surface area contributed by atoms with Gasteiger partial charge in [-0.05, 0) is 24.1 Å². The maximum absolute atomic E-state index is 11.3. The Morgan fingerprint density at radius 1 is 1.14 bits per heavy atom. The maximum Gasteiger partial charge on any atom is 0.240 e. The summed E-state index contributed by atoms with van der Waals surface area (Å²) >= 11 is 0. The second-order valence-electron chi connectivity index (χ2n) is 6.71. The molecule has 0 fully saturated rings. The van der Waals surface area contributed by atoms with E-state index in [9.17, 15) is 9.90 Å². The lowest BCUT2D eigenvalue weighted by atomic mass is 10.0. The molecule has 7 nitrogen and oxygen atoms in total. The SMILES string of the molecule is CCn1c(O)c(/C=N/N=C\c2ccccc2)c2ccc(C3=NNC(=O)CC3)cc21. The van der Waals surface area contributed by atoms with Crippen molar-refractivity contribution >= 4 is 35.0 Å². The average Bonchev–Trinajstić information content (AvgIpc) is 3.02. The molecule has 4 rings (SSSR count). The number of hydrogen-bond donors (Lipinski definition) is 2. The molecule has 3 aromatic rings. The molecule has 1 aliphatic heterocycles. The van der Waals surface area contributed by atoms with Crippen LogP contribution in [0.5, 0.6) is 5.88 Å². The van der Waals surface area contributed by atoms with Crippen LogP contribution in [0.4, 0.5) is 0 Å². The number of hydrogen-bond acceptors (Lipinski definition) is 5. The molecule has 0 spiro atoms. The van der Waals surface area contributed by atoms with Gasteiger partial charge >= 0.3 is 0 Å². The highest BCUT2D eigenvalue weighted by atomic mass is 16.3. The van der Waals surface area contributed by atoms with Crippen LogP contribution >= 0.6 is 0 Å². The molecule has 0 atom stereocenters. The molecular weight excluding hydrogens is 366 g/mol. The molecule has 1 aliphatic rings. The molecule has 0 saturated heterocycles. The molecule has 1 aromatic heterocycles. The predicted octanol–water partition coefficient (Wildman–Crippen LogP) is 3.43. The van der Waals surface area contributed by atoms with Gasteiger partial charge in [0.15, 0.2) is 0 Å². The van der Waals surface area contributed by atoms with E-state index in [4.69, 9.17) is 0 Å². The average molecular weight is 387 g/mol. The zero-order valence-electron chi connectivity index (χ0n) is 16.0. The van der Waals surface area contributed by atoms with Crippen molar-refractivity contribution in [1.82, 2.24) is 9.99 Å². The minimum absolute atomic E-state index is 0.0704. The van der Waals surface area contributed by atoms with Gasteiger partial charge in [0.1, 0.15) is 0 Å². The van der Waals surface area contributed by atoms with Gasteiger partial charge in [-0.1, -0.05) is 42.5 Å². The van der Waals surface area contributed by atoms with Gasteiger partial charge in [-0.15, -0.1) is 0 Å². The lowest BCUT2D eigenvalue weighted by molar-refractivity contribution is -0.121. The minimum atomic E-state index is -0.0704. The third-order valence-electron chi connectivity index (χ3n) is 4.89. The second kappa shape index (κ2) is 8.10. The number of fused-ring (bicyclic) bond motifs is 1. The normalized spacial score (nSPS) is 14.7. The van der Waals surface area contributed by atoms with Crippen molar-refractivity contribution in [2.45, 2.75) is 26.3 Å². The number of hydrazone groups is 1. The molecule has 1 amide bonds. The predicted molar refractivity (Wildman–Crippen MR) is 115 cm³/mol. The monoisotopic (exact) mass is 387 g/mol. The second-order valence-corrected chi connectivity index (χ2v) is 6.71. The standard InChI is InChI=1S/C22H21N5O2/c1-2-27-20-12-16(19-10-11-21(28)26-25-19)8-9-17(20)18(22(27)29)14-24-23-13-15-6-4-3-5-7-15/h3-9,12-14,29H,2,10-11H2,1H3,(H,26,28)/b23-13-,24-14+. The zero-order chi connectivity index (χ0) is 20.2. The first kappa shape index (κ1) is 18.6. The van der Waals surface area contributed by atoms with Crippen molar-refractivity contribution in [3.63, 3.8) is 0 Å². The highest BCUT2D eigenvalue weighted by molar-refractivity contribution is 6.09. The number of benzene rings is 2. The van der Waals surface area contributed by atoms with Gasteiger partial charge in [0.25, 0.3) is 0 Å². The van der Waals surface area contributed by atoms with Crippen LogP contribution in [0.15, 0.2) is 63.8 Å². The summed E-state index contributed by atoms with van der Waals surface area (Å²) in [7, 11) is 0. The quantitative estimate of drug-likeness (QED) is 0.519. The molecule has 2 aromatic carbocycles. The van der Waals surface area contributed by atoms with Gasteiger partial charge in [-0.25, -0.2) is 5.43 Å². The molecule has 0 aliphatic carbocycles. The van der Waals surface area contributed by atoms with E-state index in [1.807, 2.05) is 60.0 Å². The number of nitrogens with one attached hydrogen (secondary N) is 1. The first-order chi connectivity index (χ1) is 14.2. The van der Waals surface area contributed by atoms with Crippen molar-refractivity contribution in [2.24, 2.45) is 15.3 Å². The number of aromatic nitrogens is 1. The fraction of sp³-hybridized carbons (Fsp3) is 0.182.